The van der Waals surface area contributed by atoms with E-state index in [0.717, 1.165) is 12.3 Å². The minimum atomic E-state index is -1.40. The second-order valence-corrected chi connectivity index (χ2v) is 19.7. The van der Waals surface area contributed by atoms with Crippen LogP contribution in [0.5, 0.6) is 0 Å². The number of ketones is 1. The van der Waals surface area contributed by atoms with E-state index in [2.05, 4.69) is 44.6 Å². The van der Waals surface area contributed by atoms with Gasteiger partial charge in [-0.05, 0) is 0 Å². The number of aliphatic hydroxyl groups excluding tert-OH is 1. The molecule has 0 aliphatic heterocycles. The molecule has 2 rings (SSSR count). The van der Waals surface area contributed by atoms with Gasteiger partial charge in [-0.2, -0.15) is 0 Å². The molecule has 0 bridgehead atoms. The van der Waals surface area contributed by atoms with Crippen molar-refractivity contribution >= 4 is 33.5 Å². The van der Waals surface area contributed by atoms with E-state index < -0.39 is 16.1 Å². The summed E-state index contributed by atoms with van der Waals surface area (Å²) in [5, 5.41) is 14.0. The fourth-order valence-electron chi connectivity index (χ4n) is 2.37. The van der Waals surface area contributed by atoms with Crippen molar-refractivity contribution in [3.05, 3.63) is 41.0 Å². The van der Waals surface area contributed by atoms with Gasteiger partial charge < -0.3 is 10.4 Å². The number of fused-ring (bicyclic) bond motifs is 1. The van der Waals surface area contributed by atoms with Crippen LogP contribution >= 0.6 is 0 Å². The summed E-state index contributed by atoms with van der Waals surface area (Å²) in [5.41, 5.74) is 1.49. The molecule has 0 unspecified atom stereocenters. The molecule has 0 heterocycles. The molecule has 130 valence electrons. The summed E-state index contributed by atoms with van der Waals surface area (Å²) in [7, 11) is -2.77. The molecule has 0 atom stereocenters. The topological polar surface area (TPSA) is 61.7 Å². The number of hydrogen-bond donors (Lipinski definition) is 2. The van der Waals surface area contributed by atoms with Crippen molar-refractivity contribution in [3.8, 4) is 0 Å². The van der Waals surface area contributed by atoms with E-state index in [1.54, 1.807) is 12.1 Å². The molecule has 24 heavy (non-hydrogen) atoms. The normalized spacial score (nSPS) is 15.8. The number of benzene rings is 1. The second kappa shape index (κ2) is 6.68. The highest BCUT2D eigenvalue weighted by atomic mass is 28.3. The van der Waals surface area contributed by atoms with E-state index >= 15 is 0 Å². The number of hydrogen-bond acceptors (Lipinski definition) is 3. The summed E-state index contributed by atoms with van der Waals surface area (Å²) < 4.78 is 0. The average Bonchev–Trinajstić information content (AvgIpc) is 2.70. The van der Waals surface area contributed by atoms with Gasteiger partial charge in [-0.15, -0.1) is 0 Å². The van der Waals surface area contributed by atoms with Gasteiger partial charge in [0.25, 0.3) is 0 Å². The molecule has 1 aromatic rings. The Balaban J connectivity index is 2.41. The van der Waals surface area contributed by atoms with Crippen LogP contribution in [0.1, 0.15) is 15.9 Å². The van der Waals surface area contributed by atoms with Crippen LogP contribution in [0.15, 0.2) is 34.8 Å². The predicted octanol–water partition coefficient (Wildman–Crippen LogP) is 3.89. The number of amidine groups is 1. The molecular weight excluding hydrogens is 332 g/mol. The zero-order chi connectivity index (χ0) is 18.1. The number of aliphatic hydroxyl groups is 1. The lowest BCUT2D eigenvalue weighted by Gasteiger charge is -2.20. The Hall–Kier alpha value is -1.67. The van der Waals surface area contributed by atoms with Crippen LogP contribution in [0.2, 0.25) is 39.3 Å². The third kappa shape index (κ3) is 4.45. The van der Waals surface area contributed by atoms with Gasteiger partial charge in [0.15, 0.2) is 0 Å². The van der Waals surface area contributed by atoms with Crippen LogP contribution in [0.25, 0.3) is 5.76 Å². The molecule has 0 saturated heterocycles. The maximum absolute atomic E-state index is 12.8. The largest absolute Gasteiger partial charge is 0.506 e. The molecule has 1 aromatic carbocycles. The molecule has 0 aromatic heterocycles. The highest BCUT2D eigenvalue weighted by Crippen LogP contribution is 2.31. The van der Waals surface area contributed by atoms with Crippen LogP contribution in [-0.2, 0) is 0 Å². The highest BCUT2D eigenvalue weighted by Gasteiger charge is 2.33. The van der Waals surface area contributed by atoms with Gasteiger partial charge in [-0.25, -0.2) is 0 Å². The third-order valence-corrected chi connectivity index (χ3v) is 5.97. The Labute approximate surface area is 146 Å². The first-order chi connectivity index (χ1) is 11.0. The standard InChI is InChI=1S/C18H28N2O2Si2/c1-23(2,3)11-19-18(20-12-24(4,5)6)15-16(21)13-9-7-8-10-14(13)17(15)22/h7-10,21H,11-12H2,1-6H3,(H,19,20). The SMILES string of the molecule is C[Si](C)(C)C/N=C(\NC[Si](C)(C)C)C1=C(O)c2ccccc2C1=O. The van der Waals surface area contributed by atoms with Crippen LogP contribution < -0.4 is 5.32 Å². The van der Waals surface area contributed by atoms with E-state index in [-0.39, 0.29) is 11.5 Å². The summed E-state index contributed by atoms with van der Waals surface area (Å²) in [6.45, 7) is 13.5. The van der Waals surface area contributed by atoms with Crippen LogP contribution in [0.3, 0.4) is 0 Å². The van der Waals surface area contributed by atoms with Gasteiger partial charge in [0, 0.05) is 23.5 Å². The molecule has 6 heteroatoms. The first kappa shape index (κ1) is 18.7. The van der Waals surface area contributed by atoms with Crippen molar-refractivity contribution in [1.29, 1.82) is 0 Å². The lowest BCUT2D eigenvalue weighted by atomic mass is 10.1. The van der Waals surface area contributed by atoms with Crippen molar-refractivity contribution in [2.45, 2.75) is 39.3 Å². The summed E-state index contributed by atoms with van der Waals surface area (Å²) in [6, 6.07) is 7.20. The Morgan fingerprint density at radius 3 is 2.12 bits per heavy atom. The monoisotopic (exact) mass is 360 g/mol. The molecule has 0 spiro atoms. The number of aliphatic imine (C=N–C) groups is 1. The zero-order valence-electron chi connectivity index (χ0n) is 15.5. The van der Waals surface area contributed by atoms with Gasteiger partial charge in [0.2, 0.25) is 5.78 Å². The maximum atomic E-state index is 12.8. The first-order valence-corrected chi connectivity index (χ1v) is 15.8. The number of Topliss-reactive ketones (excluding diaryl/α,β-unsaturated/α-hetero) is 1. The minimum Gasteiger partial charge on any atom is -0.506 e. The lowest BCUT2D eigenvalue weighted by Crippen LogP contribution is -2.42. The predicted molar refractivity (Wildman–Crippen MR) is 107 cm³/mol. The van der Waals surface area contributed by atoms with Crippen molar-refractivity contribution in [1.82, 2.24) is 5.32 Å². The smallest absolute Gasteiger partial charge is 0.201 e. The van der Waals surface area contributed by atoms with Gasteiger partial charge in [0.1, 0.15) is 17.2 Å². The highest BCUT2D eigenvalue weighted by molar-refractivity contribution is 6.77. The zero-order valence-corrected chi connectivity index (χ0v) is 17.5. The van der Waals surface area contributed by atoms with Crippen molar-refractivity contribution in [2.75, 3.05) is 12.3 Å². The molecule has 1 aliphatic carbocycles. The molecule has 0 radical (unpaired) electrons. The number of carbonyl (C=O) groups is 1. The fraction of sp³-hybridized carbons (Fsp3) is 0.444. The van der Waals surface area contributed by atoms with E-state index in [4.69, 9.17) is 4.99 Å². The second-order valence-electron chi connectivity index (χ2n) is 8.74. The van der Waals surface area contributed by atoms with E-state index in [0.29, 0.717) is 22.5 Å². The summed E-state index contributed by atoms with van der Waals surface area (Å²) in [4.78, 5) is 17.5. The maximum Gasteiger partial charge on any atom is 0.201 e. The summed E-state index contributed by atoms with van der Waals surface area (Å²) >= 11 is 0. The Bertz CT molecular complexity index is 710. The summed E-state index contributed by atoms with van der Waals surface area (Å²) in [5.74, 6) is 0.465. The molecule has 0 saturated carbocycles. The van der Waals surface area contributed by atoms with Crippen molar-refractivity contribution in [2.24, 2.45) is 4.99 Å². The summed E-state index contributed by atoms with van der Waals surface area (Å²) in [6.07, 6.45) is 1.54. The van der Waals surface area contributed by atoms with Gasteiger partial charge in [-0.1, -0.05) is 63.5 Å². The first-order valence-electron chi connectivity index (χ1n) is 8.36. The van der Waals surface area contributed by atoms with Gasteiger partial charge in [0.05, 0.1) is 16.1 Å². The molecule has 2 N–H and O–H groups in total. The number of nitrogens with zero attached hydrogens (tertiary/aromatic N) is 1. The van der Waals surface area contributed by atoms with Crippen LogP contribution in [0, 0.1) is 0 Å². The lowest BCUT2D eigenvalue weighted by molar-refractivity contribution is 0.104. The molecule has 1 aliphatic rings. The van der Waals surface area contributed by atoms with Gasteiger partial charge >= 0.3 is 0 Å². The van der Waals surface area contributed by atoms with E-state index in [1.807, 2.05) is 12.1 Å². The van der Waals surface area contributed by atoms with E-state index in [1.165, 1.54) is 0 Å². The van der Waals surface area contributed by atoms with Crippen molar-refractivity contribution < 1.29 is 9.90 Å². The van der Waals surface area contributed by atoms with Crippen LogP contribution in [-0.4, -0.2) is 45.2 Å². The van der Waals surface area contributed by atoms with Crippen LogP contribution in [0.4, 0.5) is 0 Å². The van der Waals surface area contributed by atoms with Gasteiger partial charge in [-0.3, -0.25) is 9.79 Å². The average molecular weight is 361 g/mol. The Kier molecular flexibility index (Phi) is 5.20. The molecule has 4 nitrogen and oxygen atoms in total. The quantitative estimate of drug-likeness (QED) is 0.476. The molecular formula is C18H28N2O2Si2. The minimum absolute atomic E-state index is 0.0491. The van der Waals surface area contributed by atoms with E-state index in [9.17, 15) is 9.90 Å². The Morgan fingerprint density at radius 1 is 1.04 bits per heavy atom. The number of nitrogens with one attached hydrogen (secondary N) is 1. The number of rotatable bonds is 5. The number of carbonyl (C=O) groups excluding carboxylic acids is 1. The van der Waals surface area contributed by atoms with Crippen molar-refractivity contribution in [3.63, 3.8) is 0 Å². The third-order valence-electron chi connectivity index (χ3n) is 3.63. The Morgan fingerprint density at radius 2 is 1.62 bits per heavy atom. The fourth-order valence-corrected chi connectivity index (χ4v) is 3.70. The molecule has 0 amide bonds. The molecule has 0 fully saturated rings.